The van der Waals surface area contributed by atoms with Crippen molar-refractivity contribution >= 4 is 11.8 Å². The van der Waals surface area contributed by atoms with E-state index in [1.807, 2.05) is 20.8 Å². The predicted octanol–water partition coefficient (Wildman–Crippen LogP) is 2.92. The molecule has 0 radical (unpaired) electrons. The van der Waals surface area contributed by atoms with Crippen molar-refractivity contribution < 1.29 is 28.2 Å². The number of aryl methyl sites for hydroxylation is 1. The number of carbonyl (C=O) groups excluding carboxylic acids is 2. The van der Waals surface area contributed by atoms with Gasteiger partial charge in [-0.15, -0.1) is 10.2 Å². The van der Waals surface area contributed by atoms with Crippen LogP contribution >= 0.6 is 0 Å². The quantitative estimate of drug-likeness (QED) is 0.412. The molecular formula is C27H36N6O6. The molecule has 210 valence electrons. The highest BCUT2D eigenvalue weighted by Gasteiger charge is 2.37. The third-order valence-corrected chi connectivity index (χ3v) is 6.20. The summed E-state index contributed by atoms with van der Waals surface area (Å²) >= 11 is 0. The van der Waals surface area contributed by atoms with E-state index in [-0.39, 0.29) is 31.0 Å². The molecular weight excluding hydrogens is 504 g/mol. The average Bonchev–Trinajstić information content (AvgIpc) is 3.65. The second kappa shape index (κ2) is 11.9. The third-order valence-electron chi connectivity index (χ3n) is 6.20. The standard InChI is InChI=1S/C27H36N6O6/c1-17-9-11-21(39-17)24(26(35)28-27(2,3)4)32(15-19-8-7-13-38-19)23(34)16-33-30-25(29-31-33)18-10-12-20(36-5)22(14-18)37-6/h9-12,14,19,24H,7-8,13,15-16H2,1-6H3,(H,28,35)/t19-,24-/m0/s1. The first-order valence-electron chi connectivity index (χ1n) is 12.9. The number of carbonyl (C=O) groups is 2. The van der Waals surface area contributed by atoms with Gasteiger partial charge >= 0.3 is 0 Å². The molecule has 3 heterocycles. The number of furan rings is 1. The number of aromatic nitrogens is 4. The monoisotopic (exact) mass is 540 g/mol. The second-order valence-corrected chi connectivity index (χ2v) is 10.5. The van der Waals surface area contributed by atoms with E-state index in [1.54, 1.807) is 51.5 Å². The van der Waals surface area contributed by atoms with Gasteiger partial charge in [-0.25, -0.2) is 0 Å². The fourth-order valence-electron chi connectivity index (χ4n) is 4.43. The molecule has 2 aromatic heterocycles. The Kier molecular flexibility index (Phi) is 8.54. The molecule has 3 aromatic rings. The number of nitrogens with one attached hydrogen (secondary N) is 1. The SMILES string of the molecule is COc1ccc(-c2nnn(CC(=O)N(C[C@@H]3CCCO3)[C@H](C(=O)NC(C)(C)C)c3ccc(C)o3)n2)cc1OC. The van der Waals surface area contributed by atoms with E-state index >= 15 is 0 Å². The lowest BCUT2D eigenvalue weighted by Crippen LogP contribution is -2.51. The topological polar surface area (TPSA) is 134 Å². The van der Waals surface area contributed by atoms with Crippen molar-refractivity contribution in [1.29, 1.82) is 0 Å². The lowest BCUT2D eigenvalue weighted by Gasteiger charge is -2.33. The largest absolute Gasteiger partial charge is 0.493 e. The first-order chi connectivity index (χ1) is 18.6. The zero-order valence-corrected chi connectivity index (χ0v) is 23.3. The molecule has 1 aliphatic heterocycles. The van der Waals surface area contributed by atoms with Gasteiger partial charge in [0.2, 0.25) is 11.7 Å². The molecule has 4 rings (SSSR count). The van der Waals surface area contributed by atoms with Crippen molar-refractivity contribution in [3.05, 3.63) is 41.9 Å². The van der Waals surface area contributed by atoms with E-state index in [0.717, 1.165) is 12.8 Å². The Morgan fingerprint density at radius 2 is 1.95 bits per heavy atom. The molecule has 1 saturated heterocycles. The molecule has 1 fully saturated rings. The number of benzene rings is 1. The summed E-state index contributed by atoms with van der Waals surface area (Å²) in [6.45, 7) is 8.06. The summed E-state index contributed by atoms with van der Waals surface area (Å²) in [5.74, 6) is 1.70. The van der Waals surface area contributed by atoms with Gasteiger partial charge in [0, 0.05) is 24.3 Å². The molecule has 2 atom stereocenters. The molecule has 12 heteroatoms. The van der Waals surface area contributed by atoms with Crippen LogP contribution in [-0.2, 0) is 20.9 Å². The van der Waals surface area contributed by atoms with Crippen LogP contribution in [-0.4, -0.2) is 75.9 Å². The summed E-state index contributed by atoms with van der Waals surface area (Å²) in [7, 11) is 3.10. The number of nitrogens with zero attached hydrogens (tertiary/aromatic N) is 5. The van der Waals surface area contributed by atoms with Gasteiger partial charge in [-0.05, 0) is 76.1 Å². The van der Waals surface area contributed by atoms with Gasteiger partial charge in [0.25, 0.3) is 5.91 Å². The van der Waals surface area contributed by atoms with Gasteiger partial charge in [0.05, 0.1) is 20.3 Å². The summed E-state index contributed by atoms with van der Waals surface area (Å²) in [6.07, 6.45) is 1.49. The Morgan fingerprint density at radius 1 is 1.18 bits per heavy atom. The van der Waals surface area contributed by atoms with E-state index in [0.29, 0.717) is 41.0 Å². The van der Waals surface area contributed by atoms with Crippen LogP contribution in [0.3, 0.4) is 0 Å². The maximum atomic E-state index is 13.8. The number of hydrogen-bond donors (Lipinski definition) is 1. The maximum Gasteiger partial charge on any atom is 0.251 e. The Bertz CT molecular complexity index is 1290. The van der Waals surface area contributed by atoms with Crippen LogP contribution in [0.5, 0.6) is 11.5 Å². The van der Waals surface area contributed by atoms with Gasteiger partial charge in [-0.1, -0.05) is 0 Å². The van der Waals surface area contributed by atoms with Gasteiger partial charge < -0.3 is 28.8 Å². The Labute approximate surface area is 227 Å². The van der Waals surface area contributed by atoms with Crippen molar-refractivity contribution in [2.24, 2.45) is 0 Å². The molecule has 1 aliphatic rings. The lowest BCUT2D eigenvalue weighted by atomic mass is 10.1. The summed E-state index contributed by atoms with van der Waals surface area (Å²) in [6, 6.07) is 7.76. The molecule has 0 aliphatic carbocycles. The molecule has 0 saturated carbocycles. The fraction of sp³-hybridized carbons (Fsp3) is 0.519. The number of amides is 2. The van der Waals surface area contributed by atoms with Crippen molar-refractivity contribution in [2.45, 2.75) is 64.8 Å². The summed E-state index contributed by atoms with van der Waals surface area (Å²) in [4.78, 5) is 30.1. The van der Waals surface area contributed by atoms with Crippen LogP contribution < -0.4 is 14.8 Å². The van der Waals surface area contributed by atoms with Crippen LogP contribution in [0.4, 0.5) is 0 Å². The maximum absolute atomic E-state index is 13.8. The lowest BCUT2D eigenvalue weighted by molar-refractivity contribution is -0.144. The number of methoxy groups -OCH3 is 2. The Balaban J connectivity index is 1.62. The highest BCUT2D eigenvalue weighted by atomic mass is 16.5. The van der Waals surface area contributed by atoms with E-state index < -0.39 is 11.6 Å². The van der Waals surface area contributed by atoms with Crippen LogP contribution in [0.15, 0.2) is 34.7 Å². The van der Waals surface area contributed by atoms with Crippen LogP contribution in [0.2, 0.25) is 0 Å². The number of rotatable bonds is 10. The molecule has 0 bridgehead atoms. The van der Waals surface area contributed by atoms with Gasteiger partial charge in [0.1, 0.15) is 18.1 Å². The van der Waals surface area contributed by atoms with Crippen LogP contribution in [0.25, 0.3) is 11.4 Å². The fourth-order valence-corrected chi connectivity index (χ4v) is 4.43. The minimum absolute atomic E-state index is 0.194. The first kappa shape index (κ1) is 28.1. The molecule has 12 nitrogen and oxygen atoms in total. The molecule has 0 spiro atoms. The van der Waals surface area contributed by atoms with E-state index in [1.165, 1.54) is 9.70 Å². The molecule has 39 heavy (non-hydrogen) atoms. The van der Waals surface area contributed by atoms with E-state index in [2.05, 4.69) is 20.7 Å². The van der Waals surface area contributed by atoms with Gasteiger partial charge in [0.15, 0.2) is 17.5 Å². The highest BCUT2D eigenvalue weighted by molar-refractivity contribution is 5.88. The minimum atomic E-state index is -0.997. The summed E-state index contributed by atoms with van der Waals surface area (Å²) < 4.78 is 22.3. The smallest absolute Gasteiger partial charge is 0.251 e. The second-order valence-electron chi connectivity index (χ2n) is 10.5. The van der Waals surface area contributed by atoms with Crippen LogP contribution in [0, 0.1) is 6.92 Å². The minimum Gasteiger partial charge on any atom is -0.493 e. The van der Waals surface area contributed by atoms with Crippen molar-refractivity contribution in [2.75, 3.05) is 27.4 Å². The van der Waals surface area contributed by atoms with Crippen LogP contribution in [0.1, 0.15) is 51.2 Å². The Hall–Kier alpha value is -3.93. The van der Waals surface area contributed by atoms with Crippen molar-refractivity contribution in [3.8, 4) is 22.9 Å². The van der Waals surface area contributed by atoms with E-state index in [9.17, 15) is 9.59 Å². The average molecular weight is 541 g/mol. The number of tetrazole rings is 1. The van der Waals surface area contributed by atoms with Gasteiger partial charge in [-0.2, -0.15) is 4.80 Å². The zero-order valence-electron chi connectivity index (χ0n) is 23.3. The predicted molar refractivity (Wildman–Crippen MR) is 141 cm³/mol. The van der Waals surface area contributed by atoms with Crippen molar-refractivity contribution in [3.63, 3.8) is 0 Å². The molecule has 2 amide bonds. The normalized spacial score (nSPS) is 16.1. The molecule has 1 aromatic carbocycles. The summed E-state index contributed by atoms with van der Waals surface area (Å²) in [5, 5.41) is 15.6. The van der Waals surface area contributed by atoms with Crippen molar-refractivity contribution in [1.82, 2.24) is 30.4 Å². The Morgan fingerprint density at radius 3 is 2.56 bits per heavy atom. The van der Waals surface area contributed by atoms with Gasteiger partial charge in [-0.3, -0.25) is 9.59 Å². The number of hydrogen-bond acceptors (Lipinski definition) is 9. The molecule has 1 N–H and O–H groups in total. The third kappa shape index (κ3) is 6.94. The number of ether oxygens (including phenoxy) is 3. The molecule has 0 unspecified atom stereocenters. The zero-order chi connectivity index (χ0) is 28.2. The first-order valence-corrected chi connectivity index (χ1v) is 12.9. The van der Waals surface area contributed by atoms with E-state index in [4.69, 9.17) is 18.6 Å². The highest BCUT2D eigenvalue weighted by Crippen LogP contribution is 2.31. The summed E-state index contributed by atoms with van der Waals surface area (Å²) in [5.41, 5.74) is 0.133.